The molecule has 0 N–H and O–H groups in total. The van der Waals surface area contributed by atoms with Crippen LogP contribution < -0.4 is 4.31 Å². The van der Waals surface area contributed by atoms with Crippen LogP contribution in [0.25, 0.3) is 0 Å². The second kappa shape index (κ2) is 5.22. The monoisotopic (exact) mass is 312 g/mol. The zero-order valence-corrected chi connectivity index (χ0v) is 12.4. The third-order valence-electron chi connectivity index (χ3n) is 2.85. The lowest BCUT2D eigenvalue weighted by Crippen LogP contribution is -2.26. The number of benzene rings is 1. The summed E-state index contributed by atoms with van der Waals surface area (Å²) in [4.78, 5) is 10.3. The Kier molecular flexibility index (Phi) is 3.78. The molecule has 0 aliphatic carbocycles. The summed E-state index contributed by atoms with van der Waals surface area (Å²) in [5, 5.41) is 12.5. The zero-order chi connectivity index (χ0) is 14.9. The lowest BCUT2D eigenvalue weighted by atomic mass is 10.2. The van der Waals surface area contributed by atoms with E-state index in [0.29, 0.717) is 11.3 Å². The van der Waals surface area contributed by atoms with E-state index in [-0.39, 0.29) is 9.90 Å². The predicted octanol–water partition coefficient (Wildman–Crippen LogP) is 2.79. The third-order valence-corrected chi connectivity index (χ3v) is 6.00. The Morgan fingerprint density at radius 1 is 1.30 bits per heavy atom. The van der Waals surface area contributed by atoms with Gasteiger partial charge in [0.2, 0.25) is 0 Å². The SMILES string of the molecule is Cc1ccc([N+](=O)[O-])cc1N(C)S(=O)(=O)c1cccs1. The van der Waals surface area contributed by atoms with Crippen LogP contribution in [0.2, 0.25) is 0 Å². The second-order valence-electron chi connectivity index (χ2n) is 4.13. The van der Waals surface area contributed by atoms with Gasteiger partial charge < -0.3 is 0 Å². The van der Waals surface area contributed by atoms with Gasteiger partial charge in [0.1, 0.15) is 4.21 Å². The fourth-order valence-corrected chi connectivity index (χ4v) is 4.14. The van der Waals surface area contributed by atoms with Crippen molar-refractivity contribution in [2.24, 2.45) is 0 Å². The molecule has 1 aromatic carbocycles. The van der Waals surface area contributed by atoms with Gasteiger partial charge >= 0.3 is 0 Å². The third kappa shape index (κ3) is 2.52. The molecule has 0 aliphatic rings. The average Bonchev–Trinajstić information content (AvgIpc) is 2.92. The van der Waals surface area contributed by atoms with Crippen molar-refractivity contribution in [1.29, 1.82) is 0 Å². The molecule has 0 bridgehead atoms. The highest BCUT2D eigenvalue weighted by Crippen LogP contribution is 2.30. The van der Waals surface area contributed by atoms with Crippen molar-refractivity contribution in [2.45, 2.75) is 11.1 Å². The molecule has 0 aliphatic heterocycles. The lowest BCUT2D eigenvalue weighted by Gasteiger charge is -2.20. The van der Waals surface area contributed by atoms with Gasteiger partial charge in [0.15, 0.2) is 0 Å². The average molecular weight is 312 g/mol. The molecule has 0 fully saturated rings. The summed E-state index contributed by atoms with van der Waals surface area (Å²) in [6.45, 7) is 1.71. The number of nitro groups is 1. The standard InChI is InChI=1S/C12H12N2O4S2/c1-9-5-6-10(14(15)16)8-11(9)13(2)20(17,18)12-4-3-7-19-12/h3-8H,1-2H3. The van der Waals surface area contributed by atoms with E-state index in [1.165, 1.54) is 31.3 Å². The van der Waals surface area contributed by atoms with E-state index in [2.05, 4.69) is 0 Å². The molecule has 8 heteroatoms. The quantitative estimate of drug-likeness (QED) is 0.642. The molecule has 20 heavy (non-hydrogen) atoms. The second-order valence-corrected chi connectivity index (χ2v) is 7.28. The van der Waals surface area contributed by atoms with Gasteiger partial charge in [0.05, 0.1) is 10.6 Å². The Morgan fingerprint density at radius 2 is 2.00 bits per heavy atom. The van der Waals surface area contributed by atoms with Crippen LogP contribution in [0.3, 0.4) is 0 Å². The minimum Gasteiger partial charge on any atom is -0.268 e. The van der Waals surface area contributed by atoms with Gasteiger partial charge in [-0.15, -0.1) is 11.3 Å². The van der Waals surface area contributed by atoms with E-state index in [1.807, 2.05) is 0 Å². The highest BCUT2D eigenvalue weighted by molar-refractivity contribution is 7.94. The van der Waals surface area contributed by atoms with Crippen molar-refractivity contribution in [3.8, 4) is 0 Å². The van der Waals surface area contributed by atoms with E-state index in [9.17, 15) is 18.5 Å². The number of nitro benzene ring substituents is 1. The Balaban J connectivity index is 2.51. The summed E-state index contributed by atoms with van der Waals surface area (Å²) in [6.07, 6.45) is 0. The minimum atomic E-state index is -3.68. The normalized spacial score (nSPS) is 11.3. The van der Waals surface area contributed by atoms with Gasteiger partial charge in [-0.1, -0.05) is 12.1 Å². The van der Waals surface area contributed by atoms with Crippen molar-refractivity contribution in [2.75, 3.05) is 11.4 Å². The van der Waals surface area contributed by atoms with Crippen LogP contribution in [0.1, 0.15) is 5.56 Å². The van der Waals surface area contributed by atoms with Crippen molar-refractivity contribution in [3.05, 3.63) is 51.4 Å². The Hall–Kier alpha value is -1.93. The fourth-order valence-electron chi connectivity index (χ4n) is 1.73. The summed E-state index contributed by atoms with van der Waals surface area (Å²) in [6, 6.07) is 7.30. The zero-order valence-electron chi connectivity index (χ0n) is 10.8. The number of thiophene rings is 1. The molecule has 0 saturated carbocycles. The number of hydrogen-bond donors (Lipinski definition) is 0. The topological polar surface area (TPSA) is 80.5 Å². The molecule has 6 nitrogen and oxygen atoms in total. The number of non-ortho nitro benzene ring substituents is 1. The number of hydrogen-bond acceptors (Lipinski definition) is 5. The van der Waals surface area contributed by atoms with Crippen LogP contribution in [0.4, 0.5) is 11.4 Å². The van der Waals surface area contributed by atoms with Crippen LogP contribution in [0, 0.1) is 17.0 Å². The van der Waals surface area contributed by atoms with Crippen LogP contribution in [0.5, 0.6) is 0 Å². The van der Waals surface area contributed by atoms with Crippen molar-refractivity contribution >= 4 is 32.7 Å². The van der Waals surface area contributed by atoms with Gasteiger partial charge in [-0.2, -0.15) is 0 Å². The van der Waals surface area contributed by atoms with E-state index in [0.717, 1.165) is 15.6 Å². The maximum atomic E-state index is 12.4. The molecule has 1 heterocycles. The van der Waals surface area contributed by atoms with E-state index >= 15 is 0 Å². The first-order chi connectivity index (χ1) is 9.34. The molecule has 0 radical (unpaired) electrons. The van der Waals surface area contributed by atoms with Crippen molar-refractivity contribution in [1.82, 2.24) is 0 Å². The van der Waals surface area contributed by atoms with Gasteiger partial charge in [0, 0.05) is 19.2 Å². The summed E-state index contributed by atoms with van der Waals surface area (Å²) < 4.78 is 26.1. The highest BCUT2D eigenvalue weighted by Gasteiger charge is 2.24. The molecule has 0 spiro atoms. The van der Waals surface area contributed by atoms with Gasteiger partial charge in [-0.3, -0.25) is 14.4 Å². The van der Waals surface area contributed by atoms with Crippen LogP contribution in [-0.4, -0.2) is 20.4 Å². The first-order valence-electron chi connectivity index (χ1n) is 5.61. The molecule has 2 aromatic rings. The number of rotatable bonds is 4. The van der Waals surface area contributed by atoms with Crippen molar-refractivity contribution < 1.29 is 13.3 Å². The molecular formula is C12H12N2O4S2. The van der Waals surface area contributed by atoms with Gasteiger partial charge in [0.25, 0.3) is 15.7 Å². The first-order valence-corrected chi connectivity index (χ1v) is 7.93. The fraction of sp³-hybridized carbons (Fsp3) is 0.167. The molecule has 2 rings (SSSR count). The number of nitrogens with zero attached hydrogens (tertiary/aromatic N) is 2. The first kappa shape index (κ1) is 14.5. The predicted molar refractivity (Wildman–Crippen MR) is 77.7 cm³/mol. The van der Waals surface area contributed by atoms with E-state index < -0.39 is 14.9 Å². The number of sulfonamides is 1. The van der Waals surface area contributed by atoms with Crippen LogP contribution >= 0.6 is 11.3 Å². The Labute approximate surface area is 120 Å². The van der Waals surface area contributed by atoms with Crippen LogP contribution in [-0.2, 0) is 10.0 Å². The highest BCUT2D eigenvalue weighted by atomic mass is 32.2. The number of aryl methyl sites for hydroxylation is 1. The van der Waals surface area contributed by atoms with E-state index in [4.69, 9.17) is 0 Å². The number of anilines is 1. The molecule has 0 atom stereocenters. The van der Waals surface area contributed by atoms with E-state index in [1.54, 1.807) is 18.4 Å². The van der Waals surface area contributed by atoms with Gasteiger partial charge in [-0.05, 0) is 23.9 Å². The molecular weight excluding hydrogens is 300 g/mol. The summed E-state index contributed by atoms with van der Waals surface area (Å²) in [7, 11) is -2.29. The van der Waals surface area contributed by atoms with Crippen LogP contribution in [0.15, 0.2) is 39.9 Å². The minimum absolute atomic E-state index is 0.140. The molecule has 0 amide bonds. The molecule has 0 saturated heterocycles. The summed E-state index contributed by atoms with van der Waals surface area (Å²) in [5.41, 5.74) is 0.810. The lowest BCUT2D eigenvalue weighted by molar-refractivity contribution is -0.384. The molecule has 1 aromatic heterocycles. The molecule has 106 valence electrons. The summed E-state index contributed by atoms with van der Waals surface area (Å²) in [5.74, 6) is 0. The Bertz CT molecular complexity index is 739. The largest absolute Gasteiger partial charge is 0.273 e. The smallest absolute Gasteiger partial charge is 0.268 e. The Morgan fingerprint density at radius 3 is 2.55 bits per heavy atom. The van der Waals surface area contributed by atoms with Gasteiger partial charge in [-0.25, -0.2) is 8.42 Å². The molecule has 0 unspecified atom stereocenters. The maximum Gasteiger partial charge on any atom is 0.273 e. The summed E-state index contributed by atoms with van der Waals surface area (Å²) >= 11 is 1.11. The maximum absolute atomic E-state index is 12.4. The van der Waals surface area contributed by atoms with Crippen molar-refractivity contribution in [3.63, 3.8) is 0 Å².